The van der Waals surface area contributed by atoms with Crippen LogP contribution in [0.4, 0.5) is 0 Å². The topological polar surface area (TPSA) is 23.5 Å². The smallest absolute Gasteiger partial charge is 0.0886 e. The molecule has 0 aliphatic rings. The highest BCUT2D eigenvalue weighted by atomic mass is 16.3. The molecule has 2 heteroatoms. The van der Waals surface area contributed by atoms with Gasteiger partial charge in [0.1, 0.15) is 0 Å². The Kier molecular flexibility index (Phi) is 5.76. The number of benzene rings is 2. The van der Waals surface area contributed by atoms with Crippen molar-refractivity contribution in [3.8, 4) is 11.1 Å². The van der Waals surface area contributed by atoms with E-state index in [-0.39, 0.29) is 0 Å². The lowest BCUT2D eigenvalue weighted by Crippen LogP contribution is -2.31. The van der Waals surface area contributed by atoms with Crippen LogP contribution in [0.15, 0.2) is 54.6 Å². The first-order valence-corrected chi connectivity index (χ1v) is 8.18. The zero-order chi connectivity index (χ0) is 16.0. The summed E-state index contributed by atoms with van der Waals surface area (Å²) in [7, 11) is 0. The summed E-state index contributed by atoms with van der Waals surface area (Å²) in [5.74, 6) is 0. The normalized spacial score (nSPS) is 14.0. The molecule has 0 spiro atoms. The summed E-state index contributed by atoms with van der Waals surface area (Å²) in [6.07, 6.45) is 0.735. The van der Waals surface area contributed by atoms with Crippen LogP contribution >= 0.6 is 0 Å². The molecule has 1 N–H and O–H groups in total. The predicted octanol–water partition coefficient (Wildman–Crippen LogP) is 4.29. The Bertz CT molecular complexity index is 573. The van der Waals surface area contributed by atoms with E-state index in [4.69, 9.17) is 0 Å². The summed E-state index contributed by atoms with van der Waals surface area (Å²) < 4.78 is 0. The molecule has 2 rings (SSSR count). The van der Waals surface area contributed by atoms with Crippen LogP contribution < -0.4 is 0 Å². The first-order valence-electron chi connectivity index (χ1n) is 8.18. The molecular weight excluding hydrogens is 270 g/mol. The summed E-state index contributed by atoms with van der Waals surface area (Å²) in [5, 5.41) is 11.0. The van der Waals surface area contributed by atoms with Gasteiger partial charge in [-0.25, -0.2) is 0 Å². The summed E-state index contributed by atoms with van der Waals surface area (Å²) >= 11 is 0. The Morgan fingerprint density at radius 2 is 1.50 bits per heavy atom. The first kappa shape index (κ1) is 16.7. The van der Waals surface area contributed by atoms with Crippen LogP contribution in [0.3, 0.4) is 0 Å². The molecule has 118 valence electrons. The van der Waals surface area contributed by atoms with Crippen molar-refractivity contribution in [2.75, 3.05) is 19.6 Å². The lowest BCUT2D eigenvalue weighted by Gasteiger charge is -2.29. The van der Waals surface area contributed by atoms with Crippen molar-refractivity contribution in [2.45, 2.75) is 32.8 Å². The molecule has 0 heterocycles. The number of nitrogens with zero attached hydrogens (tertiary/aromatic N) is 1. The fourth-order valence-electron chi connectivity index (χ4n) is 2.87. The lowest BCUT2D eigenvalue weighted by atomic mass is 9.86. The van der Waals surface area contributed by atoms with Gasteiger partial charge in [0.25, 0.3) is 0 Å². The number of hydrogen-bond donors (Lipinski definition) is 1. The average molecular weight is 297 g/mol. The van der Waals surface area contributed by atoms with Crippen molar-refractivity contribution >= 4 is 0 Å². The van der Waals surface area contributed by atoms with E-state index in [2.05, 4.69) is 36.9 Å². The molecule has 2 aromatic carbocycles. The molecule has 22 heavy (non-hydrogen) atoms. The van der Waals surface area contributed by atoms with E-state index in [1.165, 1.54) is 0 Å². The molecule has 0 saturated carbocycles. The fraction of sp³-hybridized carbons (Fsp3) is 0.400. The maximum Gasteiger partial charge on any atom is 0.0886 e. The molecule has 1 atom stereocenters. The number of hydrogen-bond acceptors (Lipinski definition) is 2. The average Bonchev–Trinajstić information content (AvgIpc) is 2.56. The van der Waals surface area contributed by atoms with Crippen LogP contribution in [0.1, 0.15) is 32.8 Å². The van der Waals surface area contributed by atoms with Gasteiger partial charge in [-0.3, -0.25) is 0 Å². The van der Waals surface area contributed by atoms with Crippen LogP contribution in [0.25, 0.3) is 11.1 Å². The SMILES string of the molecule is CCN(CC)CCC(C)(O)c1ccccc1-c1ccccc1. The highest BCUT2D eigenvalue weighted by molar-refractivity contribution is 5.68. The van der Waals surface area contributed by atoms with Gasteiger partial charge >= 0.3 is 0 Å². The van der Waals surface area contributed by atoms with E-state index >= 15 is 0 Å². The quantitative estimate of drug-likeness (QED) is 0.824. The Balaban J connectivity index is 2.27. The van der Waals surface area contributed by atoms with Crippen molar-refractivity contribution in [3.63, 3.8) is 0 Å². The molecule has 2 aromatic rings. The second kappa shape index (κ2) is 7.57. The van der Waals surface area contributed by atoms with E-state index in [0.29, 0.717) is 0 Å². The first-order chi connectivity index (χ1) is 10.6. The van der Waals surface area contributed by atoms with Crippen LogP contribution in [-0.4, -0.2) is 29.6 Å². The van der Waals surface area contributed by atoms with Crippen molar-refractivity contribution < 1.29 is 5.11 Å². The maximum absolute atomic E-state index is 11.0. The summed E-state index contributed by atoms with van der Waals surface area (Å²) in [6, 6.07) is 18.5. The molecular formula is C20H27NO. The zero-order valence-electron chi connectivity index (χ0n) is 13.9. The van der Waals surface area contributed by atoms with E-state index in [0.717, 1.165) is 42.7 Å². The van der Waals surface area contributed by atoms with Gasteiger partial charge in [-0.05, 0) is 43.1 Å². The minimum atomic E-state index is -0.824. The van der Waals surface area contributed by atoms with Crippen molar-refractivity contribution in [1.82, 2.24) is 4.90 Å². The molecule has 0 radical (unpaired) electrons. The van der Waals surface area contributed by atoms with Gasteiger partial charge in [0.05, 0.1) is 5.60 Å². The molecule has 0 amide bonds. The van der Waals surface area contributed by atoms with Crippen LogP contribution in [-0.2, 0) is 5.60 Å². The third-order valence-corrected chi connectivity index (χ3v) is 4.40. The van der Waals surface area contributed by atoms with Crippen molar-refractivity contribution in [3.05, 3.63) is 60.2 Å². The molecule has 0 aliphatic heterocycles. The molecule has 0 aliphatic carbocycles. The molecule has 0 aromatic heterocycles. The highest BCUT2D eigenvalue weighted by Gasteiger charge is 2.26. The Hall–Kier alpha value is -1.64. The minimum Gasteiger partial charge on any atom is -0.385 e. The monoisotopic (exact) mass is 297 g/mol. The second-order valence-corrected chi connectivity index (χ2v) is 5.96. The van der Waals surface area contributed by atoms with Crippen molar-refractivity contribution in [1.29, 1.82) is 0 Å². The molecule has 1 unspecified atom stereocenters. The van der Waals surface area contributed by atoms with Crippen LogP contribution in [0.2, 0.25) is 0 Å². The number of rotatable bonds is 7. The Labute approximate surface area is 134 Å². The third-order valence-electron chi connectivity index (χ3n) is 4.40. The van der Waals surface area contributed by atoms with Crippen LogP contribution in [0, 0.1) is 0 Å². The largest absolute Gasteiger partial charge is 0.385 e. The van der Waals surface area contributed by atoms with E-state index < -0.39 is 5.60 Å². The summed E-state index contributed by atoms with van der Waals surface area (Å²) in [4.78, 5) is 2.35. The Morgan fingerprint density at radius 3 is 2.14 bits per heavy atom. The fourth-order valence-corrected chi connectivity index (χ4v) is 2.87. The summed E-state index contributed by atoms with van der Waals surface area (Å²) in [6.45, 7) is 9.20. The van der Waals surface area contributed by atoms with Gasteiger partial charge < -0.3 is 10.0 Å². The van der Waals surface area contributed by atoms with Gasteiger partial charge in [-0.15, -0.1) is 0 Å². The molecule has 0 bridgehead atoms. The van der Waals surface area contributed by atoms with Gasteiger partial charge in [0.15, 0.2) is 0 Å². The highest BCUT2D eigenvalue weighted by Crippen LogP contribution is 2.33. The van der Waals surface area contributed by atoms with Gasteiger partial charge in [-0.2, -0.15) is 0 Å². The molecule has 2 nitrogen and oxygen atoms in total. The minimum absolute atomic E-state index is 0.735. The molecule has 0 fully saturated rings. The van der Waals surface area contributed by atoms with Gasteiger partial charge in [0.2, 0.25) is 0 Å². The lowest BCUT2D eigenvalue weighted by molar-refractivity contribution is 0.0375. The van der Waals surface area contributed by atoms with Gasteiger partial charge in [0, 0.05) is 6.54 Å². The van der Waals surface area contributed by atoms with Crippen LogP contribution in [0.5, 0.6) is 0 Å². The standard InChI is InChI=1S/C20H27NO/c1-4-21(5-2)16-15-20(3,22)19-14-10-9-13-18(19)17-11-7-6-8-12-17/h6-14,22H,4-5,15-16H2,1-3H3. The number of aliphatic hydroxyl groups is 1. The van der Waals surface area contributed by atoms with E-state index in [1.807, 2.05) is 43.3 Å². The molecule has 0 saturated heterocycles. The van der Waals surface area contributed by atoms with E-state index in [9.17, 15) is 5.11 Å². The zero-order valence-corrected chi connectivity index (χ0v) is 13.9. The Morgan fingerprint density at radius 1 is 0.909 bits per heavy atom. The predicted molar refractivity (Wildman–Crippen MR) is 93.9 cm³/mol. The van der Waals surface area contributed by atoms with E-state index in [1.54, 1.807) is 0 Å². The van der Waals surface area contributed by atoms with Gasteiger partial charge in [-0.1, -0.05) is 68.4 Å². The van der Waals surface area contributed by atoms with Crippen molar-refractivity contribution in [2.24, 2.45) is 0 Å². The maximum atomic E-state index is 11.0. The summed E-state index contributed by atoms with van der Waals surface area (Å²) in [5.41, 5.74) is 2.46. The second-order valence-electron chi connectivity index (χ2n) is 5.96. The third kappa shape index (κ3) is 3.96.